The second kappa shape index (κ2) is 6.18. The van der Waals surface area contributed by atoms with Crippen molar-refractivity contribution in [1.82, 2.24) is 0 Å². The van der Waals surface area contributed by atoms with Crippen LogP contribution in [0.5, 0.6) is 0 Å². The van der Waals surface area contributed by atoms with Gasteiger partial charge in [-0.25, -0.2) is 14.5 Å². The molecule has 9 heteroatoms. The zero-order valence-corrected chi connectivity index (χ0v) is 5.48. The van der Waals surface area contributed by atoms with Gasteiger partial charge in [-0.15, -0.1) is 0 Å². The van der Waals surface area contributed by atoms with Crippen LogP contribution >= 0.6 is 0 Å². The molecule has 0 unspecified atom stereocenters. The maximum Gasteiger partial charge on any atom is 1.00 e. The van der Waals surface area contributed by atoms with Crippen LogP contribution in [0.1, 0.15) is 1.43 Å². The molecule has 6 nitrogen and oxygen atoms in total. The Kier molecular flexibility index (Phi) is 7.35. The van der Waals surface area contributed by atoms with Crippen molar-refractivity contribution in [3.63, 3.8) is 0 Å². The van der Waals surface area contributed by atoms with Crippen molar-refractivity contribution >= 4 is 19.3 Å². The van der Waals surface area contributed by atoms with E-state index in [1.165, 1.54) is 0 Å². The molecule has 0 saturated heterocycles. The largest absolute Gasteiger partial charge is 1.00 e. The molecule has 0 bridgehead atoms. The van der Waals surface area contributed by atoms with E-state index in [9.17, 15) is 14.1 Å². The van der Waals surface area contributed by atoms with E-state index >= 15 is 0 Å². The standard InChI is InChI=1S/C2H2BFO6.Li.H/c4-10-2(6)1(5)9-3(7)8;;/h7-8H;;/q;+1;-1. The monoisotopic (exact) mass is 160 g/mol. The summed E-state index contributed by atoms with van der Waals surface area (Å²) in [4.78, 5) is 22.1. The zero-order valence-electron chi connectivity index (χ0n) is 6.48. The Morgan fingerprint density at radius 3 is 2.09 bits per heavy atom. The smallest absolute Gasteiger partial charge is 1.00 e. The van der Waals surface area contributed by atoms with Crippen LogP contribution in [-0.4, -0.2) is 29.3 Å². The molecule has 2 N–H and O–H groups in total. The Balaban J connectivity index is -0.000000405. The molecular weight excluding hydrogens is 157 g/mol. The minimum Gasteiger partial charge on any atom is -1.00 e. The molecule has 0 aromatic heterocycles. The van der Waals surface area contributed by atoms with Crippen LogP contribution in [-0.2, 0) is 19.2 Å². The van der Waals surface area contributed by atoms with Crippen LogP contribution in [0.15, 0.2) is 0 Å². The van der Waals surface area contributed by atoms with Gasteiger partial charge in [-0.1, -0.05) is 0 Å². The summed E-state index contributed by atoms with van der Waals surface area (Å²) in [6.45, 7) is 0. The van der Waals surface area contributed by atoms with E-state index in [2.05, 4.69) is 9.60 Å². The zero-order chi connectivity index (χ0) is 8.15. The number of carbonyl (C=O) groups is 2. The van der Waals surface area contributed by atoms with Gasteiger partial charge < -0.3 is 16.1 Å². The first-order valence-corrected chi connectivity index (χ1v) is 1.97. The summed E-state index contributed by atoms with van der Waals surface area (Å²) in [5, 5.41) is 15.7. The average Bonchev–Trinajstić information content (AvgIpc) is 1.85. The maximum atomic E-state index is 10.8. The topological polar surface area (TPSA) is 93.1 Å². The van der Waals surface area contributed by atoms with Crippen molar-refractivity contribution in [2.24, 2.45) is 0 Å². The molecule has 0 fully saturated rings. The van der Waals surface area contributed by atoms with E-state index in [0.29, 0.717) is 0 Å². The fourth-order valence-corrected chi connectivity index (χ4v) is 0.175. The third-order valence-electron chi connectivity index (χ3n) is 0.449. The van der Waals surface area contributed by atoms with Gasteiger partial charge in [0.2, 0.25) is 0 Å². The van der Waals surface area contributed by atoms with Crippen LogP contribution in [0.25, 0.3) is 0 Å². The molecule has 0 rings (SSSR count). The Labute approximate surface area is 74.0 Å². The molecule has 0 radical (unpaired) electrons. The Morgan fingerprint density at radius 1 is 1.36 bits per heavy atom. The molecule has 0 aromatic carbocycles. The predicted molar refractivity (Wildman–Crippen MR) is 24.6 cm³/mol. The van der Waals surface area contributed by atoms with Crippen molar-refractivity contribution in [1.29, 1.82) is 0 Å². The molecule has 0 aliphatic rings. The fraction of sp³-hybridized carbons (Fsp3) is 0. The van der Waals surface area contributed by atoms with Gasteiger partial charge in [-0.2, -0.15) is 0 Å². The third-order valence-corrected chi connectivity index (χ3v) is 0.449. The van der Waals surface area contributed by atoms with E-state index in [0.717, 1.165) is 0 Å². The normalized spacial score (nSPS) is 7.55. The van der Waals surface area contributed by atoms with Crippen LogP contribution in [0.2, 0.25) is 0 Å². The second-order valence-corrected chi connectivity index (χ2v) is 1.10. The maximum absolute atomic E-state index is 10.8. The fourth-order valence-electron chi connectivity index (χ4n) is 0.175. The van der Waals surface area contributed by atoms with Gasteiger partial charge in [-0.05, 0) is 0 Å². The molecule has 0 atom stereocenters. The van der Waals surface area contributed by atoms with Crippen molar-refractivity contribution in [2.75, 3.05) is 0 Å². The molecule has 0 aliphatic heterocycles. The molecule has 0 amide bonds. The summed E-state index contributed by atoms with van der Waals surface area (Å²) in [6, 6.07) is 0. The number of hydrogen-bond acceptors (Lipinski definition) is 6. The van der Waals surface area contributed by atoms with Crippen LogP contribution < -0.4 is 18.9 Å². The first kappa shape index (κ1) is 13.1. The molecule has 0 aromatic rings. The van der Waals surface area contributed by atoms with Gasteiger partial charge >= 0.3 is 38.1 Å². The first-order chi connectivity index (χ1) is 4.57. The van der Waals surface area contributed by atoms with Crippen LogP contribution in [0, 0.1) is 0 Å². The summed E-state index contributed by atoms with van der Waals surface area (Å²) in [5.41, 5.74) is 0. The average molecular weight is 160 g/mol. The van der Waals surface area contributed by atoms with Gasteiger partial charge in [0.15, 0.2) is 0 Å². The van der Waals surface area contributed by atoms with E-state index in [-0.39, 0.29) is 20.3 Å². The number of rotatable bonds is 1. The van der Waals surface area contributed by atoms with E-state index < -0.39 is 19.3 Å². The van der Waals surface area contributed by atoms with Gasteiger partial charge in [0, 0.05) is 4.53 Å². The van der Waals surface area contributed by atoms with Gasteiger partial charge in [0.05, 0.1) is 0 Å². The van der Waals surface area contributed by atoms with Gasteiger partial charge in [-0.3, -0.25) is 0 Å². The summed E-state index contributed by atoms with van der Waals surface area (Å²) >= 11 is 0. The number of halogens is 1. The van der Waals surface area contributed by atoms with Gasteiger partial charge in [0.1, 0.15) is 0 Å². The van der Waals surface area contributed by atoms with Crippen molar-refractivity contribution in [3.8, 4) is 0 Å². The minimum absolute atomic E-state index is 0. The second-order valence-electron chi connectivity index (χ2n) is 1.10. The summed E-state index contributed by atoms with van der Waals surface area (Å²) < 4.78 is 14.1. The van der Waals surface area contributed by atoms with Crippen LogP contribution in [0.3, 0.4) is 0 Å². The quantitative estimate of drug-likeness (QED) is 0.294. The van der Waals surface area contributed by atoms with E-state index in [4.69, 9.17) is 10.0 Å². The van der Waals surface area contributed by atoms with Crippen molar-refractivity contribution < 1.29 is 54.0 Å². The predicted octanol–water partition coefficient (Wildman–Crippen LogP) is -4.96. The molecule has 11 heavy (non-hydrogen) atoms. The Morgan fingerprint density at radius 2 is 1.82 bits per heavy atom. The van der Waals surface area contributed by atoms with Gasteiger partial charge in [0.25, 0.3) is 0 Å². The number of hydrogen-bond donors (Lipinski definition) is 2. The SMILES string of the molecule is O=C(OF)C(=O)OB(O)O.[H-].[Li+]. The van der Waals surface area contributed by atoms with Crippen molar-refractivity contribution in [3.05, 3.63) is 0 Å². The minimum atomic E-state index is -2.45. The summed E-state index contributed by atoms with van der Waals surface area (Å²) in [6.07, 6.45) is 0. The molecular formula is C2H3BFLiO6. The molecule has 0 aliphatic carbocycles. The third kappa shape index (κ3) is 5.88. The molecule has 0 spiro atoms. The first-order valence-electron chi connectivity index (χ1n) is 1.97. The van der Waals surface area contributed by atoms with Crippen molar-refractivity contribution in [2.45, 2.75) is 0 Å². The molecule has 0 heterocycles. The molecule has 58 valence electrons. The van der Waals surface area contributed by atoms with E-state index in [1.807, 2.05) is 0 Å². The summed E-state index contributed by atoms with van der Waals surface area (Å²) in [7, 11) is -2.45. The Bertz CT molecular complexity index is 154. The van der Waals surface area contributed by atoms with E-state index in [1.54, 1.807) is 0 Å². The number of carbonyl (C=O) groups excluding carboxylic acids is 2. The summed E-state index contributed by atoms with van der Waals surface area (Å²) in [5.74, 6) is -3.77. The van der Waals surface area contributed by atoms with Crippen LogP contribution in [0.4, 0.5) is 4.53 Å². The molecule has 0 saturated carbocycles. The Hall–Kier alpha value is -0.548.